The quantitative estimate of drug-likeness (QED) is 0.245. The van der Waals surface area contributed by atoms with Crippen LogP contribution in [0.5, 0.6) is 11.5 Å². The van der Waals surface area contributed by atoms with E-state index in [0.29, 0.717) is 34.8 Å². The molecule has 2 N–H and O–H groups in total. The number of amides is 1. The molecule has 0 unspecified atom stereocenters. The number of carbonyl (C=O) groups is 1. The fraction of sp³-hybridized carbons (Fsp3) is 0.192. The summed E-state index contributed by atoms with van der Waals surface area (Å²) in [5, 5.41) is 16.0. The number of hydrogen-bond acceptors (Lipinski definition) is 7. The van der Waals surface area contributed by atoms with Gasteiger partial charge in [0.05, 0.1) is 31.0 Å². The molecular weight excluding hydrogens is 498 g/mol. The van der Waals surface area contributed by atoms with Gasteiger partial charge in [0, 0.05) is 17.1 Å². The van der Waals surface area contributed by atoms with Crippen molar-refractivity contribution in [3.8, 4) is 17.2 Å². The molecular formula is C26H26ClN5O3S. The molecule has 4 rings (SSSR count). The number of carbonyl (C=O) groups excluding carboxylic acids is 1. The highest BCUT2D eigenvalue weighted by Gasteiger charge is 2.16. The minimum atomic E-state index is -0.182. The highest BCUT2D eigenvalue weighted by molar-refractivity contribution is 7.99. The lowest BCUT2D eigenvalue weighted by Crippen LogP contribution is -2.15. The molecule has 0 radical (unpaired) electrons. The number of rotatable bonds is 11. The van der Waals surface area contributed by atoms with E-state index in [4.69, 9.17) is 21.1 Å². The number of thioether (sulfide) groups is 1. The molecule has 0 bridgehead atoms. The van der Waals surface area contributed by atoms with Gasteiger partial charge in [-0.25, -0.2) is 0 Å². The van der Waals surface area contributed by atoms with Gasteiger partial charge in [-0.1, -0.05) is 41.6 Å². The third-order valence-electron chi connectivity index (χ3n) is 5.10. The number of nitrogens with one attached hydrogen (secondary N) is 2. The third kappa shape index (κ3) is 6.50. The maximum absolute atomic E-state index is 12.6. The molecule has 186 valence electrons. The summed E-state index contributed by atoms with van der Waals surface area (Å²) in [6.07, 6.45) is 0. The summed E-state index contributed by atoms with van der Waals surface area (Å²) >= 11 is 7.46. The first-order valence-corrected chi connectivity index (χ1v) is 12.7. The molecule has 3 aromatic carbocycles. The predicted molar refractivity (Wildman–Crippen MR) is 144 cm³/mol. The Morgan fingerprint density at radius 1 is 1.03 bits per heavy atom. The molecule has 0 spiro atoms. The van der Waals surface area contributed by atoms with Gasteiger partial charge in [-0.3, -0.25) is 9.36 Å². The van der Waals surface area contributed by atoms with Crippen molar-refractivity contribution in [2.45, 2.75) is 18.6 Å². The number of hydrogen-bond donors (Lipinski definition) is 2. The Kier molecular flexibility index (Phi) is 8.70. The number of ether oxygens (including phenoxy) is 2. The number of aromatic nitrogens is 3. The average Bonchev–Trinajstić information content (AvgIpc) is 3.31. The topological polar surface area (TPSA) is 90.3 Å². The van der Waals surface area contributed by atoms with E-state index >= 15 is 0 Å². The summed E-state index contributed by atoms with van der Waals surface area (Å²) in [4.78, 5) is 12.6. The van der Waals surface area contributed by atoms with Crippen molar-refractivity contribution in [1.82, 2.24) is 14.8 Å². The molecule has 8 nitrogen and oxygen atoms in total. The van der Waals surface area contributed by atoms with Crippen LogP contribution in [0.15, 0.2) is 78.0 Å². The van der Waals surface area contributed by atoms with Gasteiger partial charge in [0.1, 0.15) is 11.5 Å². The van der Waals surface area contributed by atoms with E-state index in [1.54, 1.807) is 25.3 Å². The van der Waals surface area contributed by atoms with Crippen LogP contribution in [0.2, 0.25) is 5.02 Å². The van der Waals surface area contributed by atoms with Gasteiger partial charge in [-0.15, -0.1) is 10.2 Å². The first kappa shape index (κ1) is 25.4. The van der Waals surface area contributed by atoms with E-state index in [1.807, 2.05) is 66.1 Å². The molecule has 0 fully saturated rings. The number of nitrogens with zero attached hydrogens (tertiary/aromatic N) is 3. The second-order valence-corrected chi connectivity index (χ2v) is 8.92. The van der Waals surface area contributed by atoms with Gasteiger partial charge in [-0.05, 0) is 61.5 Å². The van der Waals surface area contributed by atoms with E-state index in [2.05, 4.69) is 20.8 Å². The molecule has 1 aromatic heterocycles. The fourth-order valence-corrected chi connectivity index (χ4v) is 4.46. The van der Waals surface area contributed by atoms with Gasteiger partial charge >= 0.3 is 0 Å². The third-order valence-corrected chi connectivity index (χ3v) is 6.32. The molecule has 0 aliphatic rings. The van der Waals surface area contributed by atoms with Crippen molar-refractivity contribution in [2.75, 3.05) is 30.1 Å². The van der Waals surface area contributed by atoms with Crippen LogP contribution in [0.4, 0.5) is 11.4 Å². The monoisotopic (exact) mass is 523 g/mol. The zero-order chi connectivity index (χ0) is 25.3. The molecule has 36 heavy (non-hydrogen) atoms. The van der Waals surface area contributed by atoms with Crippen LogP contribution in [0.1, 0.15) is 12.7 Å². The Hall–Kier alpha value is -3.69. The second-order valence-electron chi connectivity index (χ2n) is 7.57. The standard InChI is InChI=1S/C26H26ClN5O3S/c1-3-35-21-12-9-18(10-13-21)28-16-24-30-31-26(32(24)20-7-5-4-6-8-20)36-17-25(33)29-19-11-14-23(34-2)22(27)15-19/h4-15,28H,3,16-17H2,1-2H3,(H,29,33). The summed E-state index contributed by atoms with van der Waals surface area (Å²) in [6.45, 7) is 3.03. The largest absolute Gasteiger partial charge is 0.495 e. The van der Waals surface area contributed by atoms with Crippen molar-refractivity contribution < 1.29 is 14.3 Å². The number of anilines is 2. The van der Waals surface area contributed by atoms with E-state index in [0.717, 1.165) is 22.9 Å². The Morgan fingerprint density at radius 2 is 1.78 bits per heavy atom. The summed E-state index contributed by atoms with van der Waals surface area (Å²) < 4.78 is 12.6. The maximum atomic E-state index is 12.6. The molecule has 0 saturated carbocycles. The summed E-state index contributed by atoms with van der Waals surface area (Å²) in [7, 11) is 1.54. The van der Waals surface area contributed by atoms with Crippen LogP contribution in [0, 0.1) is 0 Å². The smallest absolute Gasteiger partial charge is 0.234 e. The number of halogens is 1. The van der Waals surface area contributed by atoms with E-state index in [-0.39, 0.29) is 11.7 Å². The van der Waals surface area contributed by atoms with Crippen LogP contribution >= 0.6 is 23.4 Å². The molecule has 4 aromatic rings. The average molecular weight is 524 g/mol. The van der Waals surface area contributed by atoms with Crippen LogP contribution < -0.4 is 20.1 Å². The van der Waals surface area contributed by atoms with Gasteiger partial charge < -0.3 is 20.1 Å². The second kappa shape index (κ2) is 12.3. The minimum Gasteiger partial charge on any atom is -0.495 e. The number of benzene rings is 3. The van der Waals surface area contributed by atoms with E-state index in [1.165, 1.54) is 11.8 Å². The molecule has 10 heteroatoms. The predicted octanol–water partition coefficient (Wildman–Crippen LogP) is 5.67. The SMILES string of the molecule is CCOc1ccc(NCc2nnc(SCC(=O)Nc3ccc(OC)c(Cl)c3)n2-c2ccccc2)cc1. The molecule has 0 atom stereocenters. The van der Waals surface area contributed by atoms with Gasteiger partial charge in [0.25, 0.3) is 0 Å². The Balaban J connectivity index is 1.45. The van der Waals surface area contributed by atoms with Crippen molar-refractivity contribution in [2.24, 2.45) is 0 Å². The van der Waals surface area contributed by atoms with Gasteiger partial charge in [-0.2, -0.15) is 0 Å². The molecule has 1 heterocycles. The van der Waals surface area contributed by atoms with Crippen molar-refractivity contribution in [3.05, 3.63) is 83.6 Å². The number of methoxy groups -OCH3 is 1. The van der Waals surface area contributed by atoms with Crippen LogP contribution in [0.3, 0.4) is 0 Å². The lowest BCUT2D eigenvalue weighted by Gasteiger charge is -2.12. The lowest BCUT2D eigenvalue weighted by molar-refractivity contribution is -0.113. The zero-order valence-corrected chi connectivity index (χ0v) is 21.5. The highest BCUT2D eigenvalue weighted by Crippen LogP contribution is 2.28. The zero-order valence-electron chi connectivity index (χ0n) is 19.9. The first-order valence-electron chi connectivity index (χ1n) is 11.3. The number of para-hydroxylation sites is 1. The summed E-state index contributed by atoms with van der Waals surface area (Å²) in [5.41, 5.74) is 2.44. The van der Waals surface area contributed by atoms with Crippen LogP contribution in [0.25, 0.3) is 5.69 Å². The first-order chi connectivity index (χ1) is 17.6. The van der Waals surface area contributed by atoms with Crippen molar-refractivity contribution in [3.63, 3.8) is 0 Å². The lowest BCUT2D eigenvalue weighted by atomic mass is 10.3. The molecule has 0 aliphatic carbocycles. The summed E-state index contributed by atoms with van der Waals surface area (Å²) in [6, 6.07) is 22.7. The molecule has 0 aliphatic heterocycles. The summed E-state index contributed by atoms with van der Waals surface area (Å²) in [5.74, 6) is 2.06. The van der Waals surface area contributed by atoms with Crippen LogP contribution in [-0.2, 0) is 11.3 Å². The molecule has 0 saturated heterocycles. The Morgan fingerprint density at radius 3 is 2.47 bits per heavy atom. The Bertz CT molecular complexity index is 1300. The van der Waals surface area contributed by atoms with Crippen molar-refractivity contribution in [1.29, 1.82) is 0 Å². The molecule has 1 amide bonds. The Labute approximate surface area is 219 Å². The fourth-order valence-electron chi connectivity index (χ4n) is 3.43. The minimum absolute atomic E-state index is 0.154. The normalized spacial score (nSPS) is 10.6. The maximum Gasteiger partial charge on any atom is 0.234 e. The van der Waals surface area contributed by atoms with Gasteiger partial charge in [0.2, 0.25) is 5.91 Å². The van der Waals surface area contributed by atoms with Crippen molar-refractivity contribution >= 4 is 40.6 Å². The highest BCUT2D eigenvalue weighted by atomic mass is 35.5. The van der Waals surface area contributed by atoms with E-state index in [9.17, 15) is 4.79 Å². The van der Waals surface area contributed by atoms with E-state index < -0.39 is 0 Å². The van der Waals surface area contributed by atoms with Gasteiger partial charge in [0.15, 0.2) is 11.0 Å². The van der Waals surface area contributed by atoms with Crippen LogP contribution in [-0.4, -0.2) is 40.1 Å².